The molecule has 2 heterocycles. The van der Waals surface area contributed by atoms with Gasteiger partial charge in [0.1, 0.15) is 0 Å². The van der Waals surface area contributed by atoms with Gasteiger partial charge in [0.05, 0.1) is 0 Å². The van der Waals surface area contributed by atoms with Gasteiger partial charge in [0, 0.05) is 36.1 Å². The summed E-state index contributed by atoms with van der Waals surface area (Å²) in [5, 5.41) is 5.93. The first-order valence-corrected chi connectivity index (χ1v) is 8.56. The van der Waals surface area contributed by atoms with Gasteiger partial charge in [-0.15, -0.1) is 11.3 Å². The minimum atomic E-state index is 0.335. The normalized spacial score (nSPS) is 28.7. The molecule has 0 saturated carbocycles. The molecular weight excluding hydrogens is 252 g/mol. The van der Waals surface area contributed by atoms with E-state index in [4.69, 9.17) is 0 Å². The van der Waals surface area contributed by atoms with Gasteiger partial charge in [0.25, 0.3) is 0 Å². The first-order valence-electron chi connectivity index (χ1n) is 7.68. The summed E-state index contributed by atoms with van der Waals surface area (Å²) in [5.74, 6) is 0. The van der Waals surface area contributed by atoms with Crippen LogP contribution in [-0.4, -0.2) is 36.1 Å². The fourth-order valence-corrected chi connectivity index (χ4v) is 3.68. The lowest BCUT2D eigenvalue weighted by Crippen LogP contribution is -2.63. The van der Waals surface area contributed by atoms with Crippen LogP contribution in [0.25, 0.3) is 0 Å². The van der Waals surface area contributed by atoms with E-state index < -0.39 is 0 Å². The molecule has 1 saturated heterocycles. The van der Waals surface area contributed by atoms with Gasteiger partial charge >= 0.3 is 0 Å². The van der Waals surface area contributed by atoms with Crippen LogP contribution in [0.2, 0.25) is 0 Å². The number of hydrogen-bond acceptors (Lipinski definition) is 3. The highest BCUT2D eigenvalue weighted by atomic mass is 32.1. The standard InChI is InChI=1S/C16H28N2S/c1-4-7-14-12-18(16(3,5-2)13-17-14)10-9-15-8-6-11-19-15/h6,8,11,14,17H,4-5,7,9-10,12-13H2,1-3H3. The highest BCUT2D eigenvalue weighted by molar-refractivity contribution is 7.09. The second-order valence-corrected chi connectivity index (χ2v) is 7.02. The molecule has 1 fully saturated rings. The van der Waals surface area contributed by atoms with Gasteiger partial charge in [0.2, 0.25) is 0 Å². The lowest BCUT2D eigenvalue weighted by atomic mass is 9.91. The van der Waals surface area contributed by atoms with Crippen molar-refractivity contribution in [1.29, 1.82) is 0 Å². The Morgan fingerprint density at radius 2 is 2.32 bits per heavy atom. The summed E-state index contributed by atoms with van der Waals surface area (Å²) in [5.41, 5.74) is 0.335. The molecule has 0 amide bonds. The zero-order chi connectivity index (χ0) is 13.7. The zero-order valence-corrected chi connectivity index (χ0v) is 13.4. The molecular formula is C16H28N2S. The van der Waals surface area contributed by atoms with Gasteiger partial charge in [0.15, 0.2) is 0 Å². The molecule has 3 heteroatoms. The van der Waals surface area contributed by atoms with E-state index in [-0.39, 0.29) is 0 Å². The first-order chi connectivity index (χ1) is 9.18. The quantitative estimate of drug-likeness (QED) is 0.857. The number of nitrogens with zero attached hydrogens (tertiary/aromatic N) is 1. The predicted octanol–water partition coefficient (Wildman–Crippen LogP) is 3.53. The molecule has 0 radical (unpaired) electrons. The molecule has 0 bridgehead atoms. The largest absolute Gasteiger partial charge is 0.311 e. The van der Waals surface area contributed by atoms with Crippen LogP contribution >= 0.6 is 11.3 Å². The fraction of sp³-hybridized carbons (Fsp3) is 0.750. The molecule has 1 aliphatic heterocycles. The van der Waals surface area contributed by atoms with Crippen LogP contribution in [0.3, 0.4) is 0 Å². The maximum Gasteiger partial charge on any atom is 0.0304 e. The molecule has 1 N–H and O–H groups in total. The van der Waals surface area contributed by atoms with E-state index >= 15 is 0 Å². The van der Waals surface area contributed by atoms with E-state index in [1.54, 1.807) is 0 Å². The zero-order valence-electron chi connectivity index (χ0n) is 12.6. The third kappa shape index (κ3) is 3.80. The molecule has 1 aliphatic rings. The summed E-state index contributed by atoms with van der Waals surface area (Å²) in [6.45, 7) is 10.6. The smallest absolute Gasteiger partial charge is 0.0304 e. The van der Waals surface area contributed by atoms with Crippen molar-refractivity contribution in [3.05, 3.63) is 22.4 Å². The average Bonchev–Trinajstić information content (AvgIpc) is 2.93. The van der Waals surface area contributed by atoms with E-state index in [0.29, 0.717) is 11.6 Å². The van der Waals surface area contributed by atoms with Crippen molar-refractivity contribution in [2.75, 3.05) is 19.6 Å². The lowest BCUT2D eigenvalue weighted by molar-refractivity contribution is 0.0482. The third-order valence-electron chi connectivity index (χ3n) is 4.58. The maximum atomic E-state index is 3.75. The van der Waals surface area contributed by atoms with Crippen molar-refractivity contribution >= 4 is 11.3 Å². The van der Waals surface area contributed by atoms with E-state index in [0.717, 1.165) is 6.54 Å². The topological polar surface area (TPSA) is 15.3 Å². The molecule has 2 nitrogen and oxygen atoms in total. The average molecular weight is 280 g/mol. The number of hydrogen-bond donors (Lipinski definition) is 1. The van der Waals surface area contributed by atoms with Crippen LogP contribution < -0.4 is 5.32 Å². The van der Waals surface area contributed by atoms with E-state index in [1.165, 1.54) is 43.6 Å². The minimum absolute atomic E-state index is 0.335. The Bertz CT molecular complexity index is 363. The van der Waals surface area contributed by atoms with Crippen molar-refractivity contribution in [3.63, 3.8) is 0 Å². The molecule has 0 spiro atoms. The number of nitrogens with one attached hydrogen (secondary N) is 1. The number of piperazine rings is 1. The predicted molar refractivity (Wildman–Crippen MR) is 85.0 cm³/mol. The SMILES string of the molecule is CCCC1CN(CCc2cccs2)C(C)(CC)CN1. The van der Waals surface area contributed by atoms with Crippen LogP contribution in [0.4, 0.5) is 0 Å². The van der Waals surface area contributed by atoms with Crippen LogP contribution in [0.5, 0.6) is 0 Å². The molecule has 1 aromatic heterocycles. The lowest BCUT2D eigenvalue weighted by Gasteiger charge is -2.48. The second-order valence-electron chi connectivity index (χ2n) is 5.99. The molecule has 2 rings (SSSR count). The minimum Gasteiger partial charge on any atom is -0.311 e. The van der Waals surface area contributed by atoms with E-state index in [1.807, 2.05) is 11.3 Å². The second kappa shape index (κ2) is 6.87. The summed E-state index contributed by atoms with van der Waals surface area (Å²) in [4.78, 5) is 4.24. The molecule has 2 atom stereocenters. The van der Waals surface area contributed by atoms with Gasteiger partial charge in [-0.1, -0.05) is 26.3 Å². The number of rotatable bonds is 6. The summed E-state index contributed by atoms with van der Waals surface area (Å²) in [7, 11) is 0. The highest BCUT2D eigenvalue weighted by Crippen LogP contribution is 2.24. The van der Waals surface area contributed by atoms with Crippen LogP contribution in [0.15, 0.2) is 17.5 Å². The Hall–Kier alpha value is -0.380. The van der Waals surface area contributed by atoms with Gasteiger partial charge in [-0.2, -0.15) is 0 Å². The highest BCUT2D eigenvalue weighted by Gasteiger charge is 2.35. The van der Waals surface area contributed by atoms with Gasteiger partial charge in [-0.05, 0) is 37.6 Å². The van der Waals surface area contributed by atoms with Gasteiger partial charge in [-0.25, -0.2) is 0 Å². The van der Waals surface area contributed by atoms with Crippen molar-refractivity contribution < 1.29 is 0 Å². The van der Waals surface area contributed by atoms with Gasteiger partial charge in [-0.3, -0.25) is 4.90 Å². The Balaban J connectivity index is 1.95. The van der Waals surface area contributed by atoms with Crippen LogP contribution in [0.1, 0.15) is 44.9 Å². The number of thiophene rings is 1. The Morgan fingerprint density at radius 3 is 2.95 bits per heavy atom. The van der Waals surface area contributed by atoms with Crippen molar-refractivity contribution in [1.82, 2.24) is 10.2 Å². The first kappa shape index (κ1) is 15.0. The Morgan fingerprint density at radius 1 is 1.47 bits per heavy atom. The molecule has 19 heavy (non-hydrogen) atoms. The maximum absolute atomic E-state index is 3.75. The van der Waals surface area contributed by atoms with Crippen LogP contribution in [0, 0.1) is 0 Å². The summed E-state index contributed by atoms with van der Waals surface area (Å²) >= 11 is 1.89. The monoisotopic (exact) mass is 280 g/mol. The Kier molecular flexibility index (Phi) is 5.43. The third-order valence-corrected chi connectivity index (χ3v) is 5.52. The summed E-state index contributed by atoms with van der Waals surface area (Å²) in [6, 6.07) is 5.11. The van der Waals surface area contributed by atoms with Crippen molar-refractivity contribution in [2.24, 2.45) is 0 Å². The van der Waals surface area contributed by atoms with E-state index in [2.05, 4.69) is 48.5 Å². The Labute approximate surface area is 122 Å². The van der Waals surface area contributed by atoms with Crippen LogP contribution in [-0.2, 0) is 6.42 Å². The summed E-state index contributed by atoms with van der Waals surface area (Å²) < 4.78 is 0. The van der Waals surface area contributed by atoms with Gasteiger partial charge < -0.3 is 5.32 Å². The molecule has 0 aromatic carbocycles. The molecule has 108 valence electrons. The summed E-state index contributed by atoms with van der Waals surface area (Å²) in [6.07, 6.45) is 5.00. The molecule has 1 aromatic rings. The van der Waals surface area contributed by atoms with E-state index in [9.17, 15) is 0 Å². The molecule has 0 aliphatic carbocycles. The van der Waals surface area contributed by atoms with Crippen molar-refractivity contribution in [2.45, 2.75) is 58.0 Å². The fourth-order valence-electron chi connectivity index (χ4n) is 2.98. The molecule has 2 unspecified atom stereocenters. The van der Waals surface area contributed by atoms with Crippen molar-refractivity contribution in [3.8, 4) is 0 Å².